The molecule has 0 saturated carbocycles. The van der Waals surface area contributed by atoms with Gasteiger partial charge in [0, 0.05) is 19.4 Å². The maximum atomic E-state index is 12.7. The van der Waals surface area contributed by atoms with Crippen molar-refractivity contribution in [3.63, 3.8) is 0 Å². The van der Waals surface area contributed by atoms with E-state index in [-0.39, 0.29) is 0 Å². The van der Waals surface area contributed by atoms with Gasteiger partial charge < -0.3 is 89.9 Å². The molecule has 0 aromatic heterocycles. The van der Waals surface area contributed by atoms with Gasteiger partial charge in [-0.25, -0.2) is 4.79 Å². The Bertz CT molecular complexity index is 1000. The van der Waals surface area contributed by atoms with Crippen LogP contribution in [0.1, 0.15) is 20.3 Å². The molecule has 3 aliphatic rings. The number of hydrogen-bond donors (Lipinski definition) is 12. The van der Waals surface area contributed by atoms with E-state index in [0.29, 0.717) is 0 Å². The van der Waals surface area contributed by atoms with Crippen molar-refractivity contribution in [2.24, 2.45) is 5.92 Å². The second-order valence-corrected chi connectivity index (χ2v) is 11.7. The van der Waals surface area contributed by atoms with Crippen LogP contribution in [0.4, 0.5) is 0 Å². The van der Waals surface area contributed by atoms with Crippen molar-refractivity contribution in [3.05, 3.63) is 0 Å². The number of aliphatic hydroxyl groups is 10. The number of hydrogen-bond acceptors (Lipinski definition) is 18. The van der Waals surface area contributed by atoms with Gasteiger partial charge in [-0.3, -0.25) is 4.79 Å². The van der Waals surface area contributed by atoms with E-state index in [9.17, 15) is 65.8 Å². The van der Waals surface area contributed by atoms with Crippen LogP contribution in [0.2, 0.25) is 0 Å². The summed E-state index contributed by atoms with van der Waals surface area (Å²) in [6, 6.07) is -1.53. The SMILES string of the molecule is CO[C@H]1O[C@H](CO[C@@H]2O[C@H](CO)[C@H](O)[C@H](O[C@]3(C(=O)O)C[C@H](O)[C@@H](NC(=O)C(C)C)[C@H]([C@H](O)[C@H](O)CO)O3)[C@H]2O)[C@@H](O)[C@H](O)[C@H]1O. The van der Waals surface area contributed by atoms with Crippen LogP contribution in [0.15, 0.2) is 0 Å². The summed E-state index contributed by atoms with van der Waals surface area (Å²) in [6.07, 6.45) is -26.0. The highest BCUT2D eigenvalue weighted by Gasteiger charge is 2.59. The molecule has 0 spiro atoms. The molecule has 16 atom stereocenters. The predicted molar refractivity (Wildman–Crippen MR) is 144 cm³/mol. The molecule has 0 unspecified atom stereocenters. The van der Waals surface area contributed by atoms with Gasteiger partial charge in [0.1, 0.15) is 67.1 Å². The van der Waals surface area contributed by atoms with Crippen LogP contribution in [0.25, 0.3) is 0 Å². The molecule has 20 heteroatoms. The van der Waals surface area contributed by atoms with Crippen molar-refractivity contribution in [2.75, 3.05) is 26.9 Å². The van der Waals surface area contributed by atoms with Gasteiger partial charge in [-0.1, -0.05) is 13.8 Å². The van der Waals surface area contributed by atoms with Crippen LogP contribution in [0.5, 0.6) is 0 Å². The third-order valence-corrected chi connectivity index (χ3v) is 8.12. The summed E-state index contributed by atoms with van der Waals surface area (Å²) < 4.78 is 32.4. The molecule has 3 saturated heterocycles. The standard InChI is InChI=1S/C26H45NO19/c1-8(2)22(38)27-13-9(30)4-26(25(39)40,45-20(13)14(32)10(31)5-28)46-21-16(34)11(6-29)43-24(19(21)37)42-7-12-15(33)17(35)18(36)23(41-3)44-12/h8-21,23-24,28-37H,4-7H2,1-3H3,(H,27,38)(H,39,40)/t9-,10+,11+,12+,13+,14+,15+,16-,17-,18+,19+,20+,21-,23-,24+,26-/m0/s1. The summed E-state index contributed by atoms with van der Waals surface area (Å²) in [4.78, 5) is 25.1. The van der Waals surface area contributed by atoms with Crippen molar-refractivity contribution >= 4 is 11.9 Å². The molecular weight excluding hydrogens is 630 g/mol. The number of aliphatic carboxylic acids is 1. The van der Waals surface area contributed by atoms with E-state index < -0.39 is 142 Å². The Hall–Kier alpha value is -1.70. The molecule has 12 N–H and O–H groups in total. The zero-order valence-electron chi connectivity index (χ0n) is 25.3. The van der Waals surface area contributed by atoms with E-state index >= 15 is 0 Å². The van der Waals surface area contributed by atoms with Crippen LogP contribution in [-0.2, 0) is 38.0 Å². The molecule has 3 rings (SSSR count). The molecule has 0 aliphatic carbocycles. The third kappa shape index (κ3) is 8.11. The first-order chi connectivity index (χ1) is 21.5. The highest BCUT2D eigenvalue weighted by atomic mass is 16.8. The number of carbonyl (C=O) groups is 2. The topological polar surface area (TPSA) is 324 Å². The number of carboxylic acid groups (broad SMARTS) is 1. The lowest BCUT2D eigenvalue weighted by atomic mass is 9.87. The normalized spacial score (nSPS) is 43.2. The van der Waals surface area contributed by atoms with Crippen LogP contribution in [0, 0.1) is 5.92 Å². The Morgan fingerprint density at radius 3 is 2.09 bits per heavy atom. The number of carboxylic acids is 1. The average Bonchev–Trinajstić information content (AvgIpc) is 3.02. The number of nitrogens with one attached hydrogen (secondary N) is 1. The van der Waals surface area contributed by atoms with Gasteiger partial charge in [0.15, 0.2) is 12.6 Å². The van der Waals surface area contributed by atoms with E-state index in [4.69, 9.17) is 28.4 Å². The highest BCUT2D eigenvalue weighted by Crippen LogP contribution is 2.37. The predicted octanol–water partition coefficient (Wildman–Crippen LogP) is -6.93. The van der Waals surface area contributed by atoms with Gasteiger partial charge >= 0.3 is 5.97 Å². The molecule has 268 valence electrons. The first-order valence-corrected chi connectivity index (χ1v) is 14.5. The van der Waals surface area contributed by atoms with Crippen LogP contribution < -0.4 is 5.32 Å². The molecule has 0 radical (unpaired) electrons. The van der Waals surface area contributed by atoms with Gasteiger partial charge in [-0.2, -0.15) is 0 Å². The van der Waals surface area contributed by atoms with Crippen LogP contribution >= 0.6 is 0 Å². The lowest BCUT2D eigenvalue weighted by Crippen LogP contribution is -2.70. The lowest BCUT2D eigenvalue weighted by Gasteiger charge is -2.50. The van der Waals surface area contributed by atoms with Crippen LogP contribution in [-0.4, -0.2) is 193 Å². The summed E-state index contributed by atoms with van der Waals surface area (Å²) in [6.45, 7) is 0.437. The maximum Gasteiger partial charge on any atom is 0.364 e. The fourth-order valence-electron chi connectivity index (χ4n) is 5.33. The molecule has 3 heterocycles. The van der Waals surface area contributed by atoms with Gasteiger partial charge in [-0.05, 0) is 0 Å². The van der Waals surface area contributed by atoms with Crippen molar-refractivity contribution < 1.29 is 94.2 Å². The van der Waals surface area contributed by atoms with E-state index in [1.54, 1.807) is 0 Å². The Balaban J connectivity index is 1.88. The molecule has 46 heavy (non-hydrogen) atoms. The number of aliphatic hydroxyl groups excluding tert-OH is 10. The molecule has 3 fully saturated rings. The Morgan fingerprint density at radius 2 is 1.54 bits per heavy atom. The summed E-state index contributed by atoms with van der Waals surface area (Å²) in [5, 5.41) is 116. The second-order valence-electron chi connectivity index (χ2n) is 11.7. The summed E-state index contributed by atoms with van der Waals surface area (Å²) >= 11 is 0. The van der Waals surface area contributed by atoms with Gasteiger partial charge in [-0.15, -0.1) is 0 Å². The van der Waals surface area contributed by atoms with Gasteiger partial charge in [0.25, 0.3) is 5.79 Å². The second kappa shape index (κ2) is 16.1. The largest absolute Gasteiger partial charge is 0.477 e. The van der Waals surface area contributed by atoms with E-state index in [1.807, 2.05) is 0 Å². The van der Waals surface area contributed by atoms with E-state index in [1.165, 1.54) is 13.8 Å². The van der Waals surface area contributed by atoms with Gasteiger partial charge in [0.2, 0.25) is 5.91 Å². The highest BCUT2D eigenvalue weighted by molar-refractivity contribution is 5.79. The molecule has 20 nitrogen and oxygen atoms in total. The number of amides is 1. The fourth-order valence-corrected chi connectivity index (χ4v) is 5.33. The average molecular weight is 676 g/mol. The Labute approximate surface area is 262 Å². The number of carbonyl (C=O) groups excluding carboxylic acids is 1. The van der Waals surface area contributed by atoms with Crippen molar-refractivity contribution in [1.82, 2.24) is 5.32 Å². The molecule has 0 aromatic rings. The van der Waals surface area contributed by atoms with E-state index in [0.717, 1.165) is 7.11 Å². The summed E-state index contributed by atoms with van der Waals surface area (Å²) in [7, 11) is 1.16. The molecule has 0 bridgehead atoms. The first-order valence-electron chi connectivity index (χ1n) is 14.5. The smallest absolute Gasteiger partial charge is 0.364 e. The minimum absolute atomic E-state index is 0.635. The Kier molecular flexibility index (Phi) is 13.6. The first kappa shape index (κ1) is 38.7. The van der Waals surface area contributed by atoms with Crippen LogP contribution in [0.3, 0.4) is 0 Å². The lowest BCUT2D eigenvalue weighted by molar-refractivity contribution is -0.373. The molecule has 3 aliphatic heterocycles. The number of ether oxygens (including phenoxy) is 6. The number of rotatable bonds is 13. The van der Waals surface area contributed by atoms with Gasteiger partial charge in [0.05, 0.1) is 32.0 Å². The monoisotopic (exact) mass is 675 g/mol. The van der Waals surface area contributed by atoms with Crippen molar-refractivity contribution in [3.8, 4) is 0 Å². The minimum Gasteiger partial charge on any atom is -0.477 e. The van der Waals surface area contributed by atoms with Crippen molar-refractivity contribution in [1.29, 1.82) is 0 Å². The van der Waals surface area contributed by atoms with E-state index in [2.05, 4.69) is 5.32 Å². The fraction of sp³-hybridized carbons (Fsp3) is 0.923. The Morgan fingerprint density at radius 1 is 0.913 bits per heavy atom. The zero-order valence-corrected chi connectivity index (χ0v) is 25.3. The third-order valence-electron chi connectivity index (χ3n) is 8.12. The quantitative estimate of drug-likeness (QED) is 0.0862. The summed E-state index contributed by atoms with van der Waals surface area (Å²) in [5.74, 6) is -6.19. The van der Waals surface area contributed by atoms with Crippen molar-refractivity contribution in [2.45, 2.75) is 118 Å². The molecular formula is C26H45NO19. The molecule has 1 amide bonds. The molecule has 0 aromatic carbocycles. The summed E-state index contributed by atoms with van der Waals surface area (Å²) in [5.41, 5.74) is 0. The minimum atomic E-state index is -2.98. The maximum absolute atomic E-state index is 12.7. The zero-order chi connectivity index (χ0) is 34.7. The number of methoxy groups -OCH3 is 1.